The summed E-state index contributed by atoms with van der Waals surface area (Å²) >= 11 is 0. The maximum absolute atomic E-state index is 11.3. The number of Topliss-reactive ketones (excluding diaryl/α,β-unsaturated/α-hetero) is 1. The molecule has 26 heavy (non-hydrogen) atoms. The van der Waals surface area contributed by atoms with Crippen LogP contribution in [0.4, 0.5) is 0 Å². The lowest BCUT2D eigenvalue weighted by atomic mass is 10.3. The van der Waals surface area contributed by atoms with Gasteiger partial charge in [-0.1, -0.05) is 0 Å². The lowest BCUT2D eigenvalue weighted by Crippen LogP contribution is -2.33. The monoisotopic (exact) mass is 368 g/mol. The minimum Gasteiger partial charge on any atom is -0.387 e. The predicted molar refractivity (Wildman–Crippen MR) is 90.2 cm³/mol. The second-order valence-electron chi connectivity index (χ2n) is 5.15. The zero-order valence-electron chi connectivity index (χ0n) is 14.7. The third kappa shape index (κ3) is 8.60. The van der Waals surface area contributed by atoms with E-state index in [0.717, 1.165) is 4.90 Å². The van der Waals surface area contributed by atoms with E-state index in [2.05, 4.69) is 10.4 Å². The van der Waals surface area contributed by atoms with Gasteiger partial charge >= 0.3 is 0 Å². The highest BCUT2D eigenvalue weighted by Gasteiger charge is 2.22. The lowest BCUT2D eigenvalue weighted by Gasteiger charge is -2.13. The number of carbonyl (C=O) groups excluding carboxylic acids is 3. The number of amides is 2. The number of rotatable bonds is 15. The van der Waals surface area contributed by atoms with E-state index in [1.165, 1.54) is 25.3 Å². The summed E-state index contributed by atoms with van der Waals surface area (Å²) in [6, 6.07) is 0. The van der Waals surface area contributed by atoms with Crippen molar-refractivity contribution in [1.82, 2.24) is 10.2 Å². The first-order valence-corrected chi connectivity index (χ1v) is 8.15. The molecule has 0 saturated heterocycles. The van der Waals surface area contributed by atoms with Crippen molar-refractivity contribution < 1.29 is 28.6 Å². The van der Waals surface area contributed by atoms with Crippen molar-refractivity contribution >= 4 is 17.6 Å². The van der Waals surface area contributed by atoms with E-state index in [1.54, 1.807) is 0 Å². The number of nitrogens with zero attached hydrogens (tertiary/aromatic N) is 2. The minimum atomic E-state index is -0.316. The molecule has 10 heteroatoms. The lowest BCUT2D eigenvalue weighted by molar-refractivity contribution is -0.137. The van der Waals surface area contributed by atoms with Gasteiger partial charge in [0.1, 0.15) is 5.70 Å². The van der Waals surface area contributed by atoms with Gasteiger partial charge in [-0.05, 0) is 0 Å². The molecule has 1 aliphatic heterocycles. The smallest absolute Gasteiger partial charge is 0.253 e. The van der Waals surface area contributed by atoms with Crippen LogP contribution in [0.5, 0.6) is 0 Å². The van der Waals surface area contributed by atoms with Crippen molar-refractivity contribution in [3.63, 3.8) is 0 Å². The molecule has 0 saturated carbocycles. The van der Waals surface area contributed by atoms with Crippen LogP contribution < -0.4 is 5.32 Å². The van der Waals surface area contributed by atoms with Crippen molar-refractivity contribution in [2.75, 3.05) is 52.7 Å². The molecule has 2 N–H and O–H groups in total. The first-order valence-electron chi connectivity index (χ1n) is 8.15. The molecule has 0 atom stereocenters. The highest BCUT2D eigenvalue weighted by molar-refractivity contribution is 6.12. The molecule has 144 valence electrons. The quantitative estimate of drug-likeness (QED) is 0.180. The Morgan fingerprint density at radius 3 is 2.15 bits per heavy atom. The number of allylic oxidation sites excluding steroid dienone is 1. The summed E-state index contributed by atoms with van der Waals surface area (Å²) in [6.45, 7) is 4.32. The number of nitrogens with one attached hydrogen (secondary N) is 2. The molecule has 0 unspecified atom stereocenters. The highest BCUT2D eigenvalue weighted by atomic mass is 16.5. The Labute approximate surface area is 151 Å². The molecule has 0 aliphatic carbocycles. The summed E-state index contributed by atoms with van der Waals surface area (Å²) in [5.41, 5.74) is 6.87. The molecular formula is C16H24N4O6. The van der Waals surface area contributed by atoms with Gasteiger partial charge in [0, 0.05) is 31.8 Å². The SMILES string of the molecule is CC(=O)/C(=C/NCCOCCOCCOCCN1C(=O)C=CC1=O)N=N. The van der Waals surface area contributed by atoms with Crippen LogP contribution in [0.15, 0.2) is 29.2 Å². The Morgan fingerprint density at radius 2 is 1.62 bits per heavy atom. The first kappa shape index (κ1) is 21.6. The van der Waals surface area contributed by atoms with Gasteiger partial charge < -0.3 is 19.5 Å². The van der Waals surface area contributed by atoms with Crippen molar-refractivity contribution in [3.8, 4) is 0 Å². The summed E-state index contributed by atoms with van der Waals surface area (Å²) in [5.74, 6) is -0.911. The van der Waals surface area contributed by atoms with Crippen molar-refractivity contribution in [2.24, 2.45) is 5.11 Å². The summed E-state index contributed by atoms with van der Waals surface area (Å²) in [5, 5.41) is 5.93. The average Bonchev–Trinajstić information content (AvgIpc) is 2.93. The maximum atomic E-state index is 11.3. The molecule has 10 nitrogen and oxygen atoms in total. The molecule has 1 heterocycles. The molecular weight excluding hydrogens is 344 g/mol. The minimum absolute atomic E-state index is 0.0584. The third-order valence-electron chi connectivity index (χ3n) is 3.21. The fraction of sp³-hybridized carbons (Fsp3) is 0.562. The largest absolute Gasteiger partial charge is 0.387 e. The fourth-order valence-electron chi connectivity index (χ4n) is 1.86. The van der Waals surface area contributed by atoms with Crippen LogP contribution in [0.25, 0.3) is 0 Å². The van der Waals surface area contributed by atoms with Gasteiger partial charge in [0.15, 0.2) is 5.78 Å². The van der Waals surface area contributed by atoms with Gasteiger partial charge in [-0.25, -0.2) is 5.53 Å². The van der Waals surface area contributed by atoms with Crippen molar-refractivity contribution in [1.29, 1.82) is 5.53 Å². The zero-order chi connectivity index (χ0) is 19.2. The number of hydrogen-bond acceptors (Lipinski definition) is 9. The molecule has 1 aliphatic rings. The third-order valence-corrected chi connectivity index (χ3v) is 3.21. The van der Waals surface area contributed by atoms with E-state index in [4.69, 9.17) is 19.7 Å². The second kappa shape index (κ2) is 12.9. The van der Waals surface area contributed by atoms with Gasteiger partial charge in [-0.3, -0.25) is 19.3 Å². The zero-order valence-corrected chi connectivity index (χ0v) is 14.7. The highest BCUT2D eigenvalue weighted by Crippen LogP contribution is 2.02. The van der Waals surface area contributed by atoms with E-state index >= 15 is 0 Å². The normalized spacial score (nSPS) is 14.2. The van der Waals surface area contributed by atoms with E-state index in [1.807, 2.05) is 0 Å². The van der Waals surface area contributed by atoms with Gasteiger partial charge in [-0.15, -0.1) is 0 Å². The fourth-order valence-corrected chi connectivity index (χ4v) is 1.86. The van der Waals surface area contributed by atoms with Gasteiger partial charge in [0.25, 0.3) is 11.8 Å². The summed E-state index contributed by atoms with van der Waals surface area (Å²) in [6.07, 6.45) is 3.86. The molecule has 0 aromatic rings. The Morgan fingerprint density at radius 1 is 1.08 bits per heavy atom. The Bertz CT molecular complexity index is 543. The van der Waals surface area contributed by atoms with Crippen LogP contribution >= 0.6 is 0 Å². The van der Waals surface area contributed by atoms with E-state index in [0.29, 0.717) is 39.6 Å². The van der Waals surface area contributed by atoms with E-state index in [9.17, 15) is 14.4 Å². The van der Waals surface area contributed by atoms with E-state index in [-0.39, 0.29) is 36.4 Å². The molecule has 0 radical (unpaired) electrons. The molecule has 2 amide bonds. The molecule has 0 aromatic heterocycles. The first-order chi connectivity index (χ1) is 12.6. The van der Waals surface area contributed by atoms with Crippen LogP contribution in [-0.2, 0) is 28.6 Å². The Kier molecular flexibility index (Phi) is 10.7. The summed E-state index contributed by atoms with van der Waals surface area (Å²) < 4.78 is 15.9. The van der Waals surface area contributed by atoms with Crippen LogP contribution in [-0.4, -0.2) is 75.2 Å². The molecule has 0 aromatic carbocycles. The average molecular weight is 368 g/mol. The van der Waals surface area contributed by atoms with Crippen LogP contribution in [0, 0.1) is 5.53 Å². The summed E-state index contributed by atoms with van der Waals surface area (Å²) in [7, 11) is 0. The number of hydrogen-bond donors (Lipinski definition) is 2. The maximum Gasteiger partial charge on any atom is 0.253 e. The number of ether oxygens (including phenoxy) is 3. The van der Waals surface area contributed by atoms with Crippen molar-refractivity contribution in [3.05, 3.63) is 24.0 Å². The molecule has 0 bridgehead atoms. The standard InChI is InChI=1S/C16H24N4O6/c1-13(21)14(19-17)12-18-4-6-24-8-10-26-11-9-25-7-5-20-15(22)2-3-16(20)23/h2-3,12,17-18H,4-11H2,1H3/b14-12-,19-17?. The number of carbonyl (C=O) groups is 3. The number of imide groups is 1. The van der Waals surface area contributed by atoms with Crippen LogP contribution in [0.1, 0.15) is 6.92 Å². The topological polar surface area (TPSA) is 130 Å². The Balaban J connectivity index is 1.86. The van der Waals surface area contributed by atoms with E-state index < -0.39 is 0 Å². The van der Waals surface area contributed by atoms with Crippen molar-refractivity contribution in [2.45, 2.75) is 6.92 Å². The summed E-state index contributed by atoms with van der Waals surface area (Å²) in [4.78, 5) is 34.7. The van der Waals surface area contributed by atoms with Gasteiger partial charge in [-0.2, -0.15) is 5.11 Å². The Hall–Kier alpha value is -2.43. The van der Waals surface area contributed by atoms with Gasteiger partial charge in [0.05, 0.1) is 46.2 Å². The second-order valence-corrected chi connectivity index (χ2v) is 5.15. The molecule has 1 rings (SSSR count). The predicted octanol–water partition coefficient (Wildman–Crippen LogP) is 0.0122. The molecule has 0 spiro atoms. The molecule has 0 fully saturated rings. The van der Waals surface area contributed by atoms with Crippen LogP contribution in [0.2, 0.25) is 0 Å². The van der Waals surface area contributed by atoms with Crippen LogP contribution in [0.3, 0.4) is 0 Å². The number of ketones is 1. The van der Waals surface area contributed by atoms with Gasteiger partial charge in [0.2, 0.25) is 0 Å².